The van der Waals surface area contributed by atoms with Gasteiger partial charge in [0.1, 0.15) is 0 Å². The minimum atomic E-state index is -0.414. The van der Waals surface area contributed by atoms with Crippen LogP contribution in [0.2, 0.25) is 0 Å². The highest BCUT2D eigenvalue weighted by Gasteiger charge is 2.09. The van der Waals surface area contributed by atoms with Crippen LogP contribution in [0.25, 0.3) is 0 Å². The van der Waals surface area contributed by atoms with Crippen molar-refractivity contribution in [3.8, 4) is 0 Å². The maximum absolute atomic E-state index is 10.0. The summed E-state index contributed by atoms with van der Waals surface area (Å²) in [6.45, 7) is 4.37. The largest absolute Gasteiger partial charge is 0.387 e. The fourth-order valence-electron chi connectivity index (χ4n) is 1.75. The van der Waals surface area contributed by atoms with Crippen LogP contribution in [0.4, 0.5) is 0 Å². The van der Waals surface area contributed by atoms with E-state index in [4.69, 9.17) is 5.73 Å². The quantitative estimate of drug-likeness (QED) is 0.767. The zero-order valence-electron chi connectivity index (χ0n) is 10.2. The standard InChI is InChI=1S/C13H22N2O/c1-3-8-15(2)10-13(16)12-6-4-11(9-14)5-7-12/h4-7,13,16H,3,8-10,14H2,1-2H3. The highest BCUT2D eigenvalue weighted by Crippen LogP contribution is 2.14. The van der Waals surface area contributed by atoms with Crippen molar-refractivity contribution in [1.82, 2.24) is 4.90 Å². The maximum Gasteiger partial charge on any atom is 0.0916 e. The number of aliphatic hydroxyl groups is 1. The van der Waals surface area contributed by atoms with E-state index in [1.165, 1.54) is 0 Å². The predicted molar refractivity (Wildman–Crippen MR) is 67.1 cm³/mol. The van der Waals surface area contributed by atoms with E-state index in [0.717, 1.165) is 24.1 Å². The molecule has 1 atom stereocenters. The van der Waals surface area contributed by atoms with Gasteiger partial charge in [0.25, 0.3) is 0 Å². The molecule has 0 bridgehead atoms. The lowest BCUT2D eigenvalue weighted by Crippen LogP contribution is -2.25. The third kappa shape index (κ3) is 3.93. The molecule has 3 heteroatoms. The summed E-state index contributed by atoms with van der Waals surface area (Å²) in [5.74, 6) is 0. The summed E-state index contributed by atoms with van der Waals surface area (Å²) in [5.41, 5.74) is 7.58. The maximum atomic E-state index is 10.0. The summed E-state index contributed by atoms with van der Waals surface area (Å²) in [7, 11) is 2.03. The Bertz CT molecular complexity index is 297. The molecule has 0 amide bonds. The van der Waals surface area contributed by atoms with Crippen LogP contribution in [-0.2, 0) is 6.54 Å². The van der Waals surface area contributed by atoms with E-state index in [1.807, 2.05) is 31.3 Å². The molecule has 1 aromatic carbocycles. The summed E-state index contributed by atoms with van der Waals surface area (Å²) < 4.78 is 0. The van der Waals surface area contributed by atoms with Gasteiger partial charge in [-0.3, -0.25) is 0 Å². The second-order valence-electron chi connectivity index (χ2n) is 4.22. The van der Waals surface area contributed by atoms with Crippen LogP contribution in [-0.4, -0.2) is 30.1 Å². The van der Waals surface area contributed by atoms with Crippen LogP contribution in [0, 0.1) is 0 Å². The number of nitrogens with zero attached hydrogens (tertiary/aromatic N) is 1. The first-order valence-electron chi connectivity index (χ1n) is 5.83. The number of likely N-dealkylation sites (N-methyl/N-ethyl adjacent to an activating group) is 1. The molecule has 3 nitrogen and oxygen atoms in total. The first-order valence-corrected chi connectivity index (χ1v) is 5.83. The molecule has 1 rings (SSSR count). The molecule has 0 heterocycles. The van der Waals surface area contributed by atoms with Gasteiger partial charge >= 0.3 is 0 Å². The van der Waals surface area contributed by atoms with Crippen LogP contribution in [0.15, 0.2) is 24.3 Å². The summed E-state index contributed by atoms with van der Waals surface area (Å²) in [5, 5.41) is 10.0. The van der Waals surface area contributed by atoms with Crippen molar-refractivity contribution in [2.45, 2.75) is 26.0 Å². The van der Waals surface area contributed by atoms with E-state index in [1.54, 1.807) is 0 Å². The van der Waals surface area contributed by atoms with E-state index in [9.17, 15) is 5.11 Å². The highest BCUT2D eigenvalue weighted by molar-refractivity contribution is 5.24. The number of nitrogens with two attached hydrogens (primary N) is 1. The molecular weight excluding hydrogens is 200 g/mol. The number of benzene rings is 1. The lowest BCUT2D eigenvalue weighted by Gasteiger charge is -2.20. The third-order valence-electron chi connectivity index (χ3n) is 2.69. The Hall–Kier alpha value is -0.900. The van der Waals surface area contributed by atoms with Crippen LogP contribution in [0.1, 0.15) is 30.6 Å². The number of aliphatic hydroxyl groups excluding tert-OH is 1. The van der Waals surface area contributed by atoms with Crippen LogP contribution in [0.3, 0.4) is 0 Å². The first-order chi connectivity index (χ1) is 7.67. The molecule has 16 heavy (non-hydrogen) atoms. The summed E-state index contributed by atoms with van der Waals surface area (Å²) in [4.78, 5) is 2.14. The summed E-state index contributed by atoms with van der Waals surface area (Å²) in [6.07, 6.45) is 0.693. The third-order valence-corrected chi connectivity index (χ3v) is 2.69. The van der Waals surface area contributed by atoms with Crippen molar-refractivity contribution < 1.29 is 5.11 Å². The Labute approximate surface area is 97.9 Å². The van der Waals surface area contributed by atoms with E-state index >= 15 is 0 Å². The zero-order valence-corrected chi connectivity index (χ0v) is 10.2. The Morgan fingerprint density at radius 2 is 1.94 bits per heavy atom. The molecule has 0 saturated carbocycles. The fraction of sp³-hybridized carbons (Fsp3) is 0.538. The lowest BCUT2D eigenvalue weighted by atomic mass is 10.1. The van der Waals surface area contributed by atoms with Gasteiger partial charge in [0.15, 0.2) is 0 Å². The van der Waals surface area contributed by atoms with Crippen molar-refractivity contribution in [3.05, 3.63) is 35.4 Å². The smallest absolute Gasteiger partial charge is 0.0916 e. The van der Waals surface area contributed by atoms with Gasteiger partial charge in [-0.25, -0.2) is 0 Å². The van der Waals surface area contributed by atoms with Crippen molar-refractivity contribution in [2.75, 3.05) is 20.1 Å². The molecular formula is C13H22N2O. The van der Waals surface area contributed by atoms with Crippen molar-refractivity contribution in [3.63, 3.8) is 0 Å². The van der Waals surface area contributed by atoms with E-state index in [2.05, 4.69) is 11.8 Å². The minimum absolute atomic E-state index is 0.414. The van der Waals surface area contributed by atoms with E-state index in [-0.39, 0.29) is 0 Å². The minimum Gasteiger partial charge on any atom is -0.387 e. The average Bonchev–Trinajstić information content (AvgIpc) is 2.29. The van der Waals surface area contributed by atoms with Crippen molar-refractivity contribution >= 4 is 0 Å². The van der Waals surface area contributed by atoms with E-state index in [0.29, 0.717) is 13.1 Å². The summed E-state index contributed by atoms with van der Waals surface area (Å²) in [6, 6.07) is 7.84. The topological polar surface area (TPSA) is 49.5 Å². The Morgan fingerprint density at radius 1 is 1.31 bits per heavy atom. The van der Waals surface area contributed by atoms with Gasteiger partial charge in [0, 0.05) is 13.1 Å². The molecule has 0 spiro atoms. The Kier molecular flexibility index (Phi) is 5.46. The monoisotopic (exact) mass is 222 g/mol. The molecule has 0 fully saturated rings. The molecule has 3 N–H and O–H groups in total. The lowest BCUT2D eigenvalue weighted by molar-refractivity contribution is 0.127. The molecule has 0 aliphatic carbocycles. The second-order valence-corrected chi connectivity index (χ2v) is 4.22. The molecule has 0 radical (unpaired) electrons. The highest BCUT2D eigenvalue weighted by atomic mass is 16.3. The number of hydrogen-bond donors (Lipinski definition) is 2. The molecule has 0 aliphatic heterocycles. The van der Waals surface area contributed by atoms with Gasteiger partial charge in [-0.15, -0.1) is 0 Å². The molecule has 1 unspecified atom stereocenters. The van der Waals surface area contributed by atoms with Gasteiger partial charge in [0.05, 0.1) is 6.10 Å². The van der Waals surface area contributed by atoms with Crippen molar-refractivity contribution in [1.29, 1.82) is 0 Å². The van der Waals surface area contributed by atoms with Gasteiger partial charge in [-0.2, -0.15) is 0 Å². The van der Waals surface area contributed by atoms with Crippen LogP contribution in [0.5, 0.6) is 0 Å². The average molecular weight is 222 g/mol. The SMILES string of the molecule is CCCN(C)CC(O)c1ccc(CN)cc1. The van der Waals surface area contributed by atoms with E-state index < -0.39 is 6.10 Å². The fourth-order valence-corrected chi connectivity index (χ4v) is 1.75. The Morgan fingerprint density at radius 3 is 2.44 bits per heavy atom. The van der Waals surface area contributed by atoms with Crippen LogP contribution < -0.4 is 5.73 Å². The Balaban J connectivity index is 2.55. The molecule has 90 valence electrons. The van der Waals surface area contributed by atoms with Crippen LogP contribution >= 0.6 is 0 Å². The van der Waals surface area contributed by atoms with Gasteiger partial charge in [-0.1, -0.05) is 31.2 Å². The number of hydrogen-bond acceptors (Lipinski definition) is 3. The second kappa shape index (κ2) is 6.63. The normalized spacial score (nSPS) is 13.1. The molecule has 0 aliphatic rings. The number of rotatable bonds is 6. The summed E-state index contributed by atoms with van der Waals surface area (Å²) >= 11 is 0. The first kappa shape index (κ1) is 13.2. The molecule has 0 aromatic heterocycles. The zero-order chi connectivity index (χ0) is 12.0. The molecule has 1 aromatic rings. The predicted octanol–water partition coefficient (Wildman–Crippen LogP) is 1.52. The molecule has 0 saturated heterocycles. The van der Waals surface area contributed by atoms with Crippen molar-refractivity contribution in [2.24, 2.45) is 5.73 Å². The van der Waals surface area contributed by atoms with Gasteiger partial charge in [0.2, 0.25) is 0 Å². The van der Waals surface area contributed by atoms with Gasteiger partial charge < -0.3 is 15.7 Å². The van der Waals surface area contributed by atoms with Gasteiger partial charge in [-0.05, 0) is 31.1 Å².